The van der Waals surface area contributed by atoms with Crippen LogP contribution in [0.15, 0.2) is 27.6 Å². The van der Waals surface area contributed by atoms with Gasteiger partial charge >= 0.3 is 0 Å². The fourth-order valence-corrected chi connectivity index (χ4v) is 2.42. The number of hydrogen-bond donors (Lipinski definition) is 1. The largest absolute Gasteiger partial charge is 0.380 e. The Labute approximate surface area is 140 Å². The summed E-state index contributed by atoms with van der Waals surface area (Å²) in [7, 11) is 0. The second-order valence-corrected chi connectivity index (χ2v) is 5.72. The van der Waals surface area contributed by atoms with Crippen LogP contribution >= 0.6 is 28.6 Å². The lowest BCUT2D eigenvalue weighted by molar-refractivity contribution is 0.0549. The van der Waals surface area contributed by atoms with Crippen LogP contribution in [0.3, 0.4) is 0 Å². The predicted octanol–water partition coefficient (Wildman–Crippen LogP) is 3.25. The van der Waals surface area contributed by atoms with Crippen molar-refractivity contribution in [3.63, 3.8) is 0 Å². The highest BCUT2D eigenvalue weighted by molar-refractivity contribution is 9.10. The topological polar surface area (TPSA) is 38.8 Å². The van der Waals surface area contributed by atoms with Crippen LogP contribution in [0, 0.1) is 0 Å². The van der Waals surface area contributed by atoms with Crippen molar-refractivity contribution in [3.8, 4) is 0 Å². The van der Waals surface area contributed by atoms with Crippen molar-refractivity contribution in [2.24, 2.45) is 0 Å². The Balaban J connectivity index is 2.79. The summed E-state index contributed by atoms with van der Waals surface area (Å²) in [6.45, 7) is 7.29. The first-order valence-electron chi connectivity index (χ1n) is 7.03. The molecule has 4 nitrogen and oxygen atoms in total. The van der Waals surface area contributed by atoms with Crippen molar-refractivity contribution < 1.29 is 14.3 Å². The molecule has 0 aliphatic carbocycles. The van der Waals surface area contributed by atoms with E-state index in [4.69, 9.17) is 9.47 Å². The van der Waals surface area contributed by atoms with Gasteiger partial charge < -0.3 is 14.4 Å². The summed E-state index contributed by atoms with van der Waals surface area (Å²) < 4.78 is 11.5. The number of carbonyl (C=O) groups is 1. The van der Waals surface area contributed by atoms with Gasteiger partial charge in [0.2, 0.25) is 0 Å². The zero-order valence-electron chi connectivity index (χ0n) is 12.5. The second kappa shape index (κ2) is 10.2. The first kappa shape index (κ1) is 18.5. The molecular formula is C15H22BrNO3S. The lowest BCUT2D eigenvalue weighted by Crippen LogP contribution is -2.37. The van der Waals surface area contributed by atoms with Crippen molar-refractivity contribution in [1.29, 1.82) is 0 Å². The van der Waals surface area contributed by atoms with Gasteiger partial charge in [-0.1, -0.05) is 0 Å². The Morgan fingerprint density at radius 2 is 1.76 bits per heavy atom. The molecule has 1 aromatic carbocycles. The van der Waals surface area contributed by atoms with Crippen LogP contribution in [0.5, 0.6) is 0 Å². The Morgan fingerprint density at radius 3 is 2.29 bits per heavy atom. The van der Waals surface area contributed by atoms with Crippen molar-refractivity contribution in [2.75, 3.05) is 39.5 Å². The molecule has 1 aromatic rings. The van der Waals surface area contributed by atoms with Gasteiger partial charge in [0.05, 0.1) is 18.8 Å². The van der Waals surface area contributed by atoms with Crippen LogP contribution in [0.1, 0.15) is 24.2 Å². The van der Waals surface area contributed by atoms with E-state index in [2.05, 4.69) is 28.6 Å². The lowest BCUT2D eigenvalue weighted by Gasteiger charge is -2.23. The number of thiol groups is 1. The minimum Gasteiger partial charge on any atom is -0.380 e. The van der Waals surface area contributed by atoms with Crippen molar-refractivity contribution in [1.82, 2.24) is 4.90 Å². The van der Waals surface area contributed by atoms with Crippen LogP contribution in [0.4, 0.5) is 0 Å². The van der Waals surface area contributed by atoms with Crippen molar-refractivity contribution in [2.45, 2.75) is 18.7 Å². The third-order valence-corrected chi connectivity index (χ3v) is 3.86. The molecule has 118 valence electrons. The fraction of sp³-hybridized carbons (Fsp3) is 0.533. The van der Waals surface area contributed by atoms with Crippen molar-refractivity contribution in [3.05, 3.63) is 28.2 Å². The molecule has 0 aromatic heterocycles. The Kier molecular flexibility index (Phi) is 8.99. The molecule has 6 heteroatoms. The number of halogens is 1. The summed E-state index contributed by atoms with van der Waals surface area (Å²) in [5.41, 5.74) is 0.607. The molecule has 0 radical (unpaired) electrons. The molecular weight excluding hydrogens is 354 g/mol. The van der Waals surface area contributed by atoms with E-state index in [1.807, 2.05) is 26.0 Å². The van der Waals surface area contributed by atoms with Gasteiger partial charge in [0.1, 0.15) is 0 Å². The molecule has 0 spiro atoms. The number of carbonyl (C=O) groups excluding carboxylic acids is 1. The first-order valence-corrected chi connectivity index (χ1v) is 8.27. The maximum atomic E-state index is 12.7. The summed E-state index contributed by atoms with van der Waals surface area (Å²) in [6.07, 6.45) is 0. The molecule has 0 aliphatic rings. The van der Waals surface area contributed by atoms with Crippen LogP contribution in [-0.4, -0.2) is 50.3 Å². The van der Waals surface area contributed by atoms with E-state index in [-0.39, 0.29) is 5.91 Å². The maximum Gasteiger partial charge on any atom is 0.255 e. The smallest absolute Gasteiger partial charge is 0.255 e. The number of hydrogen-bond acceptors (Lipinski definition) is 4. The lowest BCUT2D eigenvalue weighted by atomic mass is 10.2. The second-order valence-electron chi connectivity index (χ2n) is 4.35. The number of benzene rings is 1. The van der Waals surface area contributed by atoms with Crippen LogP contribution in [0.25, 0.3) is 0 Å². The predicted molar refractivity (Wildman–Crippen MR) is 90.3 cm³/mol. The molecule has 0 unspecified atom stereocenters. The zero-order valence-corrected chi connectivity index (χ0v) is 15.0. The molecule has 1 rings (SSSR count). The van der Waals surface area contributed by atoms with Gasteiger partial charge in [-0.2, -0.15) is 0 Å². The maximum absolute atomic E-state index is 12.7. The van der Waals surface area contributed by atoms with E-state index < -0.39 is 0 Å². The highest BCUT2D eigenvalue weighted by Crippen LogP contribution is 2.21. The van der Waals surface area contributed by atoms with Gasteiger partial charge in [-0.05, 0) is 48.0 Å². The molecule has 0 saturated carbocycles. The van der Waals surface area contributed by atoms with Gasteiger partial charge in [-0.3, -0.25) is 4.79 Å². The van der Waals surface area contributed by atoms with Crippen LogP contribution < -0.4 is 0 Å². The molecule has 0 aliphatic heterocycles. The fourth-order valence-electron chi connectivity index (χ4n) is 1.80. The van der Waals surface area contributed by atoms with Crippen molar-refractivity contribution >= 4 is 34.5 Å². The summed E-state index contributed by atoms with van der Waals surface area (Å²) >= 11 is 7.71. The third-order valence-electron chi connectivity index (χ3n) is 2.89. The molecule has 0 atom stereocenters. The molecule has 0 bridgehead atoms. The van der Waals surface area contributed by atoms with E-state index in [1.54, 1.807) is 11.0 Å². The molecule has 1 amide bonds. The highest BCUT2D eigenvalue weighted by atomic mass is 79.9. The normalized spacial score (nSPS) is 10.7. The van der Waals surface area contributed by atoms with Gasteiger partial charge in [0, 0.05) is 35.7 Å². The Bertz CT molecular complexity index is 447. The molecule has 0 fully saturated rings. The summed E-state index contributed by atoms with van der Waals surface area (Å²) in [5, 5.41) is 0. The van der Waals surface area contributed by atoms with E-state index in [1.165, 1.54) is 0 Å². The third kappa shape index (κ3) is 6.38. The molecule has 0 N–H and O–H groups in total. The quantitative estimate of drug-likeness (QED) is 0.531. The highest BCUT2D eigenvalue weighted by Gasteiger charge is 2.18. The van der Waals surface area contributed by atoms with Gasteiger partial charge in [-0.15, -0.1) is 12.6 Å². The number of ether oxygens (including phenoxy) is 2. The summed E-state index contributed by atoms with van der Waals surface area (Å²) in [5.74, 6) is -0.0443. The molecule has 0 heterocycles. The number of nitrogens with zero attached hydrogens (tertiary/aromatic N) is 1. The summed E-state index contributed by atoms with van der Waals surface area (Å²) in [4.78, 5) is 15.2. The number of amides is 1. The Morgan fingerprint density at radius 1 is 1.19 bits per heavy atom. The van der Waals surface area contributed by atoms with Crippen LogP contribution in [0.2, 0.25) is 0 Å². The average Bonchev–Trinajstić information content (AvgIpc) is 2.48. The summed E-state index contributed by atoms with van der Waals surface area (Å²) in [6, 6.07) is 5.44. The minimum absolute atomic E-state index is 0.0443. The standard InChI is InChI=1S/C15H22BrNO3S/c1-3-19-9-7-17(8-10-20-4-2)15(18)13-11-12(21)5-6-14(13)16/h5-6,11,21H,3-4,7-10H2,1-2H3. The minimum atomic E-state index is -0.0443. The molecule has 21 heavy (non-hydrogen) atoms. The van der Waals surface area contributed by atoms with Gasteiger partial charge in [0.15, 0.2) is 0 Å². The van der Waals surface area contributed by atoms with E-state index in [9.17, 15) is 4.79 Å². The van der Waals surface area contributed by atoms with Gasteiger partial charge in [0.25, 0.3) is 5.91 Å². The number of rotatable bonds is 9. The van der Waals surface area contributed by atoms with E-state index in [0.717, 1.165) is 9.37 Å². The SMILES string of the molecule is CCOCCN(CCOCC)C(=O)c1cc(S)ccc1Br. The zero-order chi connectivity index (χ0) is 15.7. The average molecular weight is 376 g/mol. The Hall–Kier alpha value is -0.560. The molecule has 0 saturated heterocycles. The monoisotopic (exact) mass is 375 g/mol. The van der Waals surface area contributed by atoms with Crippen LogP contribution in [-0.2, 0) is 9.47 Å². The van der Waals surface area contributed by atoms with E-state index in [0.29, 0.717) is 45.1 Å². The van der Waals surface area contributed by atoms with E-state index >= 15 is 0 Å². The van der Waals surface area contributed by atoms with Gasteiger partial charge in [-0.25, -0.2) is 0 Å². The first-order chi connectivity index (χ1) is 10.1.